The van der Waals surface area contributed by atoms with Crippen LogP contribution in [-0.4, -0.2) is 29.7 Å². The van der Waals surface area contributed by atoms with E-state index in [9.17, 15) is 4.79 Å². The lowest BCUT2D eigenvalue weighted by Crippen LogP contribution is -2.31. The summed E-state index contributed by atoms with van der Waals surface area (Å²) in [6.45, 7) is 4.51. The van der Waals surface area contributed by atoms with Crippen LogP contribution < -0.4 is 5.32 Å². The Morgan fingerprint density at radius 3 is 2.79 bits per heavy atom. The number of aromatic nitrogens is 1. The molecule has 1 saturated heterocycles. The van der Waals surface area contributed by atoms with Crippen LogP contribution in [0.5, 0.6) is 0 Å². The molecule has 1 amide bonds. The second kappa shape index (κ2) is 9.27. The first kappa shape index (κ1) is 19.7. The van der Waals surface area contributed by atoms with Crippen molar-refractivity contribution in [2.45, 2.75) is 51.7 Å². The maximum atomic E-state index is 12.2. The minimum atomic E-state index is 0.129. The zero-order chi connectivity index (χ0) is 20.1. The molecule has 0 bridgehead atoms. The van der Waals surface area contributed by atoms with E-state index in [2.05, 4.69) is 71.5 Å². The Balaban J connectivity index is 1.38. The fourth-order valence-corrected chi connectivity index (χ4v) is 4.18. The lowest BCUT2D eigenvalue weighted by molar-refractivity contribution is -0.121. The minimum Gasteiger partial charge on any atom is -0.376 e. The highest BCUT2D eigenvalue weighted by atomic mass is 16.5. The number of hydrogen-bond donors (Lipinski definition) is 1. The smallest absolute Gasteiger partial charge is 0.220 e. The predicted molar refractivity (Wildman–Crippen MR) is 117 cm³/mol. The largest absolute Gasteiger partial charge is 0.376 e. The third kappa shape index (κ3) is 4.88. The quantitative estimate of drug-likeness (QED) is 0.610. The first-order chi connectivity index (χ1) is 14.2. The standard InChI is InChI=1S/C25H30N2O2/c1-19-8-2-3-9-20(19)17-27-18-21(23-12-4-5-13-24(23)27)10-6-14-25(28)26-16-22-11-7-15-29-22/h2-5,8-9,12-13,18,22H,6-7,10-11,14-17H2,1H3,(H,26,28)/t22-/m0/s1. The highest BCUT2D eigenvalue weighted by Gasteiger charge is 2.16. The van der Waals surface area contributed by atoms with Crippen molar-refractivity contribution in [1.29, 1.82) is 0 Å². The van der Waals surface area contributed by atoms with Gasteiger partial charge in [-0.1, -0.05) is 42.5 Å². The molecule has 4 heteroatoms. The molecular formula is C25H30N2O2. The van der Waals surface area contributed by atoms with Crippen LogP contribution >= 0.6 is 0 Å². The van der Waals surface area contributed by atoms with Gasteiger partial charge in [0.2, 0.25) is 5.91 Å². The van der Waals surface area contributed by atoms with Crippen LogP contribution in [0, 0.1) is 6.92 Å². The lowest BCUT2D eigenvalue weighted by atomic mass is 10.1. The summed E-state index contributed by atoms with van der Waals surface area (Å²) in [6.07, 6.45) is 6.96. The molecule has 0 saturated carbocycles. The molecule has 1 aliphatic rings. The van der Waals surface area contributed by atoms with Gasteiger partial charge in [-0.2, -0.15) is 0 Å². The lowest BCUT2D eigenvalue weighted by Gasteiger charge is -2.10. The molecule has 1 aliphatic heterocycles. The van der Waals surface area contributed by atoms with Gasteiger partial charge >= 0.3 is 0 Å². The molecule has 4 nitrogen and oxygen atoms in total. The van der Waals surface area contributed by atoms with Gasteiger partial charge in [0.25, 0.3) is 0 Å². The Bertz CT molecular complexity index is 970. The summed E-state index contributed by atoms with van der Waals surface area (Å²) in [6, 6.07) is 17.1. The highest BCUT2D eigenvalue weighted by Crippen LogP contribution is 2.24. The molecule has 1 fully saturated rings. The van der Waals surface area contributed by atoms with Gasteiger partial charge in [-0.05, 0) is 55.4 Å². The molecule has 1 N–H and O–H groups in total. The minimum absolute atomic E-state index is 0.129. The average molecular weight is 391 g/mol. The van der Waals surface area contributed by atoms with Gasteiger partial charge in [0.1, 0.15) is 0 Å². The molecule has 0 spiro atoms. The van der Waals surface area contributed by atoms with Crippen molar-refractivity contribution >= 4 is 16.8 Å². The van der Waals surface area contributed by atoms with Crippen molar-refractivity contribution < 1.29 is 9.53 Å². The number of benzene rings is 2. The number of ether oxygens (including phenoxy) is 1. The maximum Gasteiger partial charge on any atom is 0.220 e. The number of carbonyl (C=O) groups is 1. The Labute approximate surface area is 172 Å². The molecule has 152 valence electrons. The van der Waals surface area contributed by atoms with Crippen LogP contribution in [0.2, 0.25) is 0 Å². The number of fused-ring (bicyclic) bond motifs is 1. The summed E-state index contributed by atoms with van der Waals surface area (Å²) in [4.78, 5) is 12.2. The normalized spacial score (nSPS) is 16.4. The first-order valence-electron chi connectivity index (χ1n) is 10.7. The second-order valence-corrected chi connectivity index (χ2v) is 8.02. The summed E-state index contributed by atoms with van der Waals surface area (Å²) in [7, 11) is 0. The average Bonchev–Trinajstić information content (AvgIpc) is 3.37. The Morgan fingerprint density at radius 2 is 1.97 bits per heavy atom. The maximum absolute atomic E-state index is 12.2. The third-order valence-electron chi connectivity index (χ3n) is 5.87. The van der Waals surface area contributed by atoms with Gasteiger partial charge in [-0.3, -0.25) is 4.79 Å². The Kier molecular flexibility index (Phi) is 6.30. The second-order valence-electron chi connectivity index (χ2n) is 8.02. The van der Waals surface area contributed by atoms with E-state index < -0.39 is 0 Å². The van der Waals surface area contributed by atoms with E-state index in [1.165, 1.54) is 27.6 Å². The number of nitrogens with one attached hydrogen (secondary N) is 1. The van der Waals surface area contributed by atoms with Crippen LogP contribution in [0.25, 0.3) is 10.9 Å². The highest BCUT2D eigenvalue weighted by molar-refractivity contribution is 5.84. The summed E-state index contributed by atoms with van der Waals surface area (Å²) in [5, 5.41) is 4.32. The first-order valence-corrected chi connectivity index (χ1v) is 10.7. The molecule has 29 heavy (non-hydrogen) atoms. The molecule has 1 aromatic heterocycles. The van der Waals surface area contributed by atoms with Crippen molar-refractivity contribution in [1.82, 2.24) is 9.88 Å². The van der Waals surface area contributed by atoms with E-state index in [0.717, 1.165) is 38.8 Å². The van der Waals surface area contributed by atoms with Gasteiger partial charge in [-0.25, -0.2) is 0 Å². The summed E-state index contributed by atoms with van der Waals surface area (Å²) >= 11 is 0. The predicted octanol–water partition coefficient (Wildman–Crippen LogP) is 4.62. The van der Waals surface area contributed by atoms with Crippen molar-refractivity contribution in [2.24, 2.45) is 0 Å². The van der Waals surface area contributed by atoms with Crippen LogP contribution in [-0.2, 0) is 22.5 Å². The van der Waals surface area contributed by atoms with E-state index in [1.807, 2.05) is 0 Å². The van der Waals surface area contributed by atoms with Gasteiger partial charge in [0.05, 0.1) is 6.10 Å². The van der Waals surface area contributed by atoms with E-state index in [4.69, 9.17) is 4.74 Å². The molecule has 1 atom stereocenters. The van der Waals surface area contributed by atoms with E-state index >= 15 is 0 Å². The number of hydrogen-bond acceptors (Lipinski definition) is 2. The van der Waals surface area contributed by atoms with E-state index in [1.54, 1.807) is 0 Å². The van der Waals surface area contributed by atoms with Gasteiger partial charge in [0, 0.05) is 43.2 Å². The molecule has 0 aliphatic carbocycles. The van der Waals surface area contributed by atoms with Crippen LogP contribution in [0.4, 0.5) is 0 Å². The van der Waals surface area contributed by atoms with Crippen molar-refractivity contribution in [3.63, 3.8) is 0 Å². The molecule has 3 aromatic rings. The molecule has 2 aromatic carbocycles. The molecular weight excluding hydrogens is 360 g/mol. The molecule has 0 unspecified atom stereocenters. The zero-order valence-corrected chi connectivity index (χ0v) is 17.2. The zero-order valence-electron chi connectivity index (χ0n) is 17.2. The molecule has 4 rings (SSSR count). The summed E-state index contributed by atoms with van der Waals surface area (Å²) in [5.41, 5.74) is 5.23. The monoisotopic (exact) mass is 390 g/mol. The van der Waals surface area contributed by atoms with Gasteiger partial charge < -0.3 is 14.6 Å². The fraction of sp³-hybridized carbons (Fsp3) is 0.400. The topological polar surface area (TPSA) is 43.3 Å². The molecule has 2 heterocycles. The van der Waals surface area contributed by atoms with E-state index in [-0.39, 0.29) is 12.0 Å². The SMILES string of the molecule is Cc1ccccc1Cn1cc(CCCC(=O)NC[C@@H]2CCCO2)c2ccccc21. The summed E-state index contributed by atoms with van der Waals surface area (Å²) < 4.78 is 7.91. The number of para-hydroxylation sites is 1. The number of aryl methyl sites for hydroxylation is 2. The summed E-state index contributed by atoms with van der Waals surface area (Å²) in [5.74, 6) is 0.129. The van der Waals surface area contributed by atoms with Crippen LogP contribution in [0.15, 0.2) is 54.7 Å². The number of rotatable bonds is 8. The van der Waals surface area contributed by atoms with Crippen molar-refractivity contribution in [3.05, 3.63) is 71.4 Å². The Hall–Kier alpha value is -2.59. The van der Waals surface area contributed by atoms with Gasteiger partial charge in [0.15, 0.2) is 0 Å². The van der Waals surface area contributed by atoms with Crippen molar-refractivity contribution in [2.75, 3.05) is 13.2 Å². The van der Waals surface area contributed by atoms with Gasteiger partial charge in [-0.15, -0.1) is 0 Å². The van der Waals surface area contributed by atoms with Crippen molar-refractivity contribution in [3.8, 4) is 0 Å². The number of carbonyl (C=O) groups excluding carboxylic acids is 1. The van der Waals surface area contributed by atoms with Crippen LogP contribution in [0.3, 0.4) is 0 Å². The molecule has 0 radical (unpaired) electrons. The number of amides is 1. The Morgan fingerprint density at radius 1 is 1.14 bits per heavy atom. The number of nitrogens with zero attached hydrogens (tertiary/aromatic N) is 1. The fourth-order valence-electron chi connectivity index (χ4n) is 4.18. The van der Waals surface area contributed by atoms with Crippen LogP contribution in [0.1, 0.15) is 42.4 Å². The third-order valence-corrected chi connectivity index (χ3v) is 5.87. The van der Waals surface area contributed by atoms with E-state index in [0.29, 0.717) is 13.0 Å².